The molecule has 1 amide bonds. The molecule has 6 heteroatoms. The number of halogens is 1. The van der Waals surface area contributed by atoms with Gasteiger partial charge in [-0.3, -0.25) is 4.79 Å². The molecule has 0 spiro atoms. The molecule has 2 rings (SSSR count). The highest BCUT2D eigenvalue weighted by atomic mass is 35.5. The van der Waals surface area contributed by atoms with Crippen molar-refractivity contribution in [1.82, 2.24) is 10.2 Å². The van der Waals surface area contributed by atoms with Gasteiger partial charge in [0.1, 0.15) is 0 Å². The van der Waals surface area contributed by atoms with E-state index >= 15 is 0 Å². The minimum atomic E-state index is -0.347. The highest BCUT2D eigenvalue weighted by Crippen LogP contribution is 2.14. The number of hydrogen-bond acceptors (Lipinski definition) is 4. The van der Waals surface area contributed by atoms with E-state index in [4.69, 9.17) is 0 Å². The van der Waals surface area contributed by atoms with E-state index in [-0.39, 0.29) is 30.5 Å². The standard InChI is InChI=1S/C10H18N2O2S.ClH/c13-8-6-9(11-7-8)10(14)12-2-1-4-15-5-3-12;/h8-9,11,13H,1-7H2;1H. The zero-order chi connectivity index (χ0) is 10.7. The summed E-state index contributed by atoms with van der Waals surface area (Å²) >= 11 is 1.92. The SMILES string of the molecule is Cl.O=C(C1CC(O)CN1)N1CCCSCC1. The zero-order valence-electron chi connectivity index (χ0n) is 9.22. The molecule has 2 N–H and O–H groups in total. The van der Waals surface area contributed by atoms with Crippen LogP contribution < -0.4 is 5.32 Å². The summed E-state index contributed by atoms with van der Waals surface area (Å²) in [5.74, 6) is 2.37. The van der Waals surface area contributed by atoms with Crippen LogP contribution in [0.2, 0.25) is 0 Å². The van der Waals surface area contributed by atoms with Crippen molar-refractivity contribution in [2.24, 2.45) is 0 Å². The molecular weight excluding hydrogens is 248 g/mol. The number of nitrogens with one attached hydrogen (secondary N) is 1. The summed E-state index contributed by atoms with van der Waals surface area (Å²) in [6, 6.07) is -0.150. The molecule has 0 radical (unpaired) electrons. The number of thioether (sulfide) groups is 1. The highest BCUT2D eigenvalue weighted by molar-refractivity contribution is 7.99. The quantitative estimate of drug-likeness (QED) is 0.707. The summed E-state index contributed by atoms with van der Waals surface area (Å²) in [4.78, 5) is 14.0. The van der Waals surface area contributed by atoms with E-state index in [9.17, 15) is 9.90 Å². The van der Waals surface area contributed by atoms with E-state index in [1.807, 2.05) is 16.7 Å². The molecule has 94 valence electrons. The Labute approximate surface area is 107 Å². The lowest BCUT2D eigenvalue weighted by molar-refractivity contribution is -0.132. The lowest BCUT2D eigenvalue weighted by Gasteiger charge is -2.23. The molecule has 2 saturated heterocycles. The van der Waals surface area contributed by atoms with E-state index in [0.717, 1.165) is 31.0 Å². The first kappa shape index (κ1) is 14.1. The largest absolute Gasteiger partial charge is 0.392 e. The van der Waals surface area contributed by atoms with Crippen molar-refractivity contribution in [3.63, 3.8) is 0 Å². The second-order valence-electron chi connectivity index (χ2n) is 4.14. The van der Waals surface area contributed by atoms with Crippen LogP contribution >= 0.6 is 24.2 Å². The van der Waals surface area contributed by atoms with Crippen molar-refractivity contribution in [2.45, 2.75) is 25.0 Å². The molecular formula is C10H19ClN2O2S. The Morgan fingerprint density at radius 2 is 2.19 bits per heavy atom. The lowest BCUT2D eigenvalue weighted by Crippen LogP contribution is -2.44. The fraction of sp³-hybridized carbons (Fsp3) is 0.900. The molecule has 2 aliphatic rings. The summed E-state index contributed by atoms with van der Waals surface area (Å²) in [6.07, 6.45) is 1.31. The van der Waals surface area contributed by atoms with Crippen LogP contribution in [-0.4, -0.2) is 59.2 Å². The third-order valence-corrected chi connectivity index (χ3v) is 3.99. The predicted octanol–water partition coefficient (Wildman–Crippen LogP) is 0.0965. The molecule has 2 heterocycles. The monoisotopic (exact) mass is 266 g/mol. The van der Waals surface area contributed by atoms with Gasteiger partial charge >= 0.3 is 0 Å². The van der Waals surface area contributed by atoms with Gasteiger partial charge in [0.05, 0.1) is 12.1 Å². The average Bonchev–Trinajstić information content (AvgIpc) is 2.53. The smallest absolute Gasteiger partial charge is 0.239 e. The third-order valence-electron chi connectivity index (χ3n) is 2.94. The number of aliphatic hydroxyl groups excluding tert-OH is 1. The summed E-state index contributed by atoms with van der Waals surface area (Å²) in [5, 5.41) is 12.4. The van der Waals surface area contributed by atoms with Gasteiger partial charge in [-0.15, -0.1) is 12.4 Å². The van der Waals surface area contributed by atoms with Crippen molar-refractivity contribution in [3.8, 4) is 0 Å². The summed E-state index contributed by atoms with van der Waals surface area (Å²) < 4.78 is 0. The molecule has 2 aliphatic heterocycles. The number of aliphatic hydroxyl groups is 1. The summed E-state index contributed by atoms with van der Waals surface area (Å²) in [5.41, 5.74) is 0. The van der Waals surface area contributed by atoms with Gasteiger partial charge in [-0.2, -0.15) is 11.8 Å². The Hall–Kier alpha value is 0.0300. The average molecular weight is 267 g/mol. The Kier molecular flexibility index (Phi) is 5.89. The molecule has 0 bridgehead atoms. The second kappa shape index (κ2) is 6.69. The van der Waals surface area contributed by atoms with Crippen LogP contribution in [0.25, 0.3) is 0 Å². The zero-order valence-corrected chi connectivity index (χ0v) is 10.9. The molecule has 0 aliphatic carbocycles. The van der Waals surface area contributed by atoms with Crippen LogP contribution in [-0.2, 0) is 4.79 Å². The molecule has 16 heavy (non-hydrogen) atoms. The molecule has 0 saturated carbocycles. The summed E-state index contributed by atoms with van der Waals surface area (Å²) in [7, 11) is 0. The van der Waals surface area contributed by atoms with Gasteiger partial charge in [0, 0.05) is 25.4 Å². The number of rotatable bonds is 1. The molecule has 2 fully saturated rings. The van der Waals surface area contributed by atoms with Crippen molar-refractivity contribution >= 4 is 30.1 Å². The van der Waals surface area contributed by atoms with Crippen molar-refractivity contribution in [2.75, 3.05) is 31.1 Å². The normalized spacial score (nSPS) is 30.7. The molecule has 4 nitrogen and oxygen atoms in total. The lowest BCUT2D eigenvalue weighted by atomic mass is 10.2. The molecule has 2 unspecified atom stereocenters. The van der Waals surface area contributed by atoms with Gasteiger partial charge in [0.25, 0.3) is 0 Å². The van der Waals surface area contributed by atoms with E-state index in [2.05, 4.69) is 5.32 Å². The van der Waals surface area contributed by atoms with Gasteiger partial charge in [-0.1, -0.05) is 0 Å². The minimum absolute atomic E-state index is 0. The Bertz CT molecular complexity index is 235. The van der Waals surface area contributed by atoms with Crippen molar-refractivity contribution in [1.29, 1.82) is 0 Å². The third kappa shape index (κ3) is 3.52. The van der Waals surface area contributed by atoms with Crippen LogP contribution in [0.4, 0.5) is 0 Å². The second-order valence-corrected chi connectivity index (χ2v) is 5.37. The number of carbonyl (C=O) groups excluding carboxylic acids is 1. The fourth-order valence-electron chi connectivity index (χ4n) is 2.09. The first-order valence-electron chi connectivity index (χ1n) is 5.55. The van der Waals surface area contributed by atoms with Crippen molar-refractivity contribution < 1.29 is 9.90 Å². The van der Waals surface area contributed by atoms with Gasteiger partial charge in [-0.05, 0) is 18.6 Å². The Morgan fingerprint density at radius 1 is 1.38 bits per heavy atom. The molecule has 0 aromatic rings. The fourth-order valence-corrected chi connectivity index (χ4v) is 2.98. The van der Waals surface area contributed by atoms with Crippen molar-refractivity contribution in [3.05, 3.63) is 0 Å². The first-order valence-corrected chi connectivity index (χ1v) is 6.71. The van der Waals surface area contributed by atoms with Gasteiger partial charge in [0.2, 0.25) is 5.91 Å². The van der Waals surface area contributed by atoms with Gasteiger partial charge < -0.3 is 15.3 Å². The summed E-state index contributed by atoms with van der Waals surface area (Å²) in [6.45, 7) is 2.29. The van der Waals surface area contributed by atoms with Crippen LogP contribution in [0.5, 0.6) is 0 Å². The number of nitrogens with zero attached hydrogens (tertiary/aromatic N) is 1. The van der Waals surface area contributed by atoms with E-state index in [0.29, 0.717) is 13.0 Å². The predicted molar refractivity (Wildman–Crippen MR) is 68.2 cm³/mol. The van der Waals surface area contributed by atoms with Gasteiger partial charge in [-0.25, -0.2) is 0 Å². The number of carbonyl (C=O) groups is 1. The maximum atomic E-state index is 12.0. The van der Waals surface area contributed by atoms with Crippen LogP contribution in [0.3, 0.4) is 0 Å². The maximum absolute atomic E-state index is 12.0. The first-order chi connectivity index (χ1) is 7.27. The van der Waals surface area contributed by atoms with Crippen LogP contribution in [0.1, 0.15) is 12.8 Å². The van der Waals surface area contributed by atoms with E-state index < -0.39 is 0 Å². The molecule has 0 aromatic heterocycles. The Balaban J connectivity index is 0.00000128. The number of amides is 1. The number of hydrogen-bond donors (Lipinski definition) is 2. The molecule has 0 aromatic carbocycles. The maximum Gasteiger partial charge on any atom is 0.239 e. The Morgan fingerprint density at radius 3 is 2.88 bits per heavy atom. The number of β-amino-alcohol motifs (C(OH)–C–C–N with tert-alkyl or cyclic N) is 1. The van der Waals surface area contributed by atoms with Crippen LogP contribution in [0, 0.1) is 0 Å². The highest BCUT2D eigenvalue weighted by Gasteiger charge is 2.31. The minimum Gasteiger partial charge on any atom is -0.392 e. The van der Waals surface area contributed by atoms with E-state index in [1.165, 1.54) is 0 Å². The molecule has 2 atom stereocenters. The van der Waals surface area contributed by atoms with Gasteiger partial charge in [0.15, 0.2) is 0 Å². The van der Waals surface area contributed by atoms with Crippen LogP contribution in [0.15, 0.2) is 0 Å². The van der Waals surface area contributed by atoms with E-state index in [1.54, 1.807) is 0 Å². The topological polar surface area (TPSA) is 52.6 Å².